The number of carbonyl (C=O) groups excluding carboxylic acids is 1. The molecule has 2 aromatic rings. The van der Waals surface area contributed by atoms with E-state index >= 15 is 0 Å². The largest absolute Gasteiger partial charge is 0.464 e. The number of nitrogens with zero attached hydrogens (tertiary/aromatic N) is 4. The molecular weight excluding hydrogens is 306 g/mol. The molecule has 0 radical (unpaired) electrons. The number of hydrogen-bond donors (Lipinski definition) is 1. The fourth-order valence-electron chi connectivity index (χ4n) is 1.84. The van der Waals surface area contributed by atoms with Gasteiger partial charge in [0.1, 0.15) is 11.6 Å². The summed E-state index contributed by atoms with van der Waals surface area (Å²) in [5, 5.41) is 12.6. The monoisotopic (exact) mass is 323 g/mol. The third-order valence-electron chi connectivity index (χ3n) is 3.00. The second-order valence-corrected chi connectivity index (χ2v) is 5.29. The van der Waals surface area contributed by atoms with Crippen molar-refractivity contribution in [3.63, 3.8) is 0 Å². The van der Waals surface area contributed by atoms with Gasteiger partial charge >= 0.3 is 5.97 Å². The average Bonchev–Trinajstić information content (AvgIpc) is 3.08. The highest BCUT2D eigenvalue weighted by Gasteiger charge is 2.21. The number of methoxy groups -OCH3 is 1. The molecule has 0 amide bonds. The van der Waals surface area contributed by atoms with Crippen molar-refractivity contribution < 1.29 is 14.1 Å². The predicted octanol–water partition coefficient (Wildman–Crippen LogP) is 1.30. The summed E-state index contributed by atoms with van der Waals surface area (Å²) in [6.07, 6.45) is 1.75. The number of rotatable bonds is 7. The Labute approximate surface area is 131 Å². The number of aryl methyl sites for hydroxylation is 1. The van der Waals surface area contributed by atoms with Crippen molar-refractivity contribution in [2.24, 2.45) is 5.73 Å². The van der Waals surface area contributed by atoms with Crippen LogP contribution in [0.4, 0.5) is 0 Å². The van der Waals surface area contributed by atoms with Gasteiger partial charge in [-0.25, -0.2) is 4.79 Å². The molecule has 0 aliphatic heterocycles. The second-order valence-electron chi connectivity index (χ2n) is 4.35. The maximum Gasteiger partial charge on any atom is 0.360 e. The zero-order valence-corrected chi connectivity index (χ0v) is 13.2. The first-order valence-electron chi connectivity index (χ1n) is 6.51. The minimum absolute atomic E-state index is 0.182. The van der Waals surface area contributed by atoms with E-state index in [0.717, 1.165) is 0 Å². The number of carbonyl (C=O) groups is 1. The summed E-state index contributed by atoms with van der Waals surface area (Å²) in [5.74, 6) is 1.18. The molecule has 0 saturated carbocycles. The van der Waals surface area contributed by atoms with Gasteiger partial charge in [0, 0.05) is 17.9 Å². The number of hydrogen-bond acceptors (Lipinski definition) is 8. The summed E-state index contributed by atoms with van der Waals surface area (Å²) in [6, 6.07) is 0. The predicted molar refractivity (Wildman–Crippen MR) is 80.3 cm³/mol. The van der Waals surface area contributed by atoms with Crippen LogP contribution in [-0.4, -0.2) is 33.0 Å². The standard InChI is InChI=1S/C13H17N5O3S/c1-4-5-18-10(6-14)15-16-13(18)22-7-9-8(2)21-17-11(9)12(19)20-3/h4H,1,5-7,14H2,2-3H3. The van der Waals surface area contributed by atoms with Gasteiger partial charge in [-0.3, -0.25) is 0 Å². The lowest BCUT2D eigenvalue weighted by atomic mass is 10.2. The van der Waals surface area contributed by atoms with E-state index in [4.69, 9.17) is 15.0 Å². The Balaban J connectivity index is 2.20. The molecule has 0 aromatic carbocycles. The fourth-order valence-corrected chi connectivity index (χ4v) is 2.89. The zero-order valence-electron chi connectivity index (χ0n) is 12.4. The van der Waals surface area contributed by atoms with Gasteiger partial charge in [-0.1, -0.05) is 23.0 Å². The smallest absolute Gasteiger partial charge is 0.360 e. The van der Waals surface area contributed by atoms with Gasteiger partial charge in [0.15, 0.2) is 10.9 Å². The maximum atomic E-state index is 11.7. The molecule has 0 atom stereocenters. The minimum atomic E-state index is -0.525. The van der Waals surface area contributed by atoms with Crippen LogP contribution in [0.2, 0.25) is 0 Å². The minimum Gasteiger partial charge on any atom is -0.464 e. The molecule has 0 fully saturated rings. The van der Waals surface area contributed by atoms with Crippen LogP contribution in [0.1, 0.15) is 27.6 Å². The van der Waals surface area contributed by atoms with Gasteiger partial charge in [0.25, 0.3) is 0 Å². The Morgan fingerprint density at radius 1 is 1.55 bits per heavy atom. The van der Waals surface area contributed by atoms with Gasteiger partial charge in [-0.2, -0.15) is 0 Å². The Hall–Kier alpha value is -2.13. The van der Waals surface area contributed by atoms with Crippen LogP contribution in [0.25, 0.3) is 0 Å². The SMILES string of the molecule is C=CCn1c(CN)nnc1SCc1c(C(=O)OC)noc1C. The topological polar surface area (TPSA) is 109 Å². The van der Waals surface area contributed by atoms with E-state index in [2.05, 4.69) is 21.9 Å². The number of thioether (sulfide) groups is 1. The van der Waals surface area contributed by atoms with Gasteiger partial charge in [-0.05, 0) is 6.92 Å². The highest BCUT2D eigenvalue weighted by atomic mass is 32.2. The van der Waals surface area contributed by atoms with Gasteiger partial charge in [-0.15, -0.1) is 16.8 Å². The van der Waals surface area contributed by atoms with E-state index in [0.29, 0.717) is 41.1 Å². The van der Waals surface area contributed by atoms with Crippen LogP contribution in [0.3, 0.4) is 0 Å². The van der Waals surface area contributed by atoms with E-state index in [1.807, 2.05) is 4.57 Å². The lowest BCUT2D eigenvalue weighted by Gasteiger charge is -2.06. The quantitative estimate of drug-likeness (QED) is 0.461. The summed E-state index contributed by atoms with van der Waals surface area (Å²) in [7, 11) is 1.30. The Morgan fingerprint density at radius 3 is 2.95 bits per heavy atom. The van der Waals surface area contributed by atoms with Crippen molar-refractivity contribution in [1.82, 2.24) is 19.9 Å². The lowest BCUT2D eigenvalue weighted by Crippen LogP contribution is -2.09. The molecule has 118 valence electrons. The lowest BCUT2D eigenvalue weighted by molar-refractivity contribution is 0.0588. The van der Waals surface area contributed by atoms with Crippen molar-refractivity contribution in [3.8, 4) is 0 Å². The first-order valence-corrected chi connectivity index (χ1v) is 7.50. The number of esters is 1. The zero-order chi connectivity index (χ0) is 16.1. The third kappa shape index (κ3) is 3.20. The third-order valence-corrected chi connectivity index (χ3v) is 3.99. The first kappa shape index (κ1) is 16.2. The van der Waals surface area contributed by atoms with Crippen LogP contribution in [0.15, 0.2) is 22.3 Å². The number of nitrogens with two attached hydrogens (primary N) is 1. The van der Waals surface area contributed by atoms with Crippen molar-refractivity contribution in [3.05, 3.63) is 35.5 Å². The molecule has 2 N–H and O–H groups in total. The van der Waals surface area contributed by atoms with Gasteiger partial charge < -0.3 is 19.6 Å². The van der Waals surface area contributed by atoms with E-state index in [1.54, 1.807) is 13.0 Å². The molecule has 0 bridgehead atoms. The molecule has 8 nitrogen and oxygen atoms in total. The molecule has 0 spiro atoms. The summed E-state index contributed by atoms with van der Waals surface area (Å²) in [5.41, 5.74) is 6.50. The van der Waals surface area contributed by atoms with Crippen molar-refractivity contribution in [1.29, 1.82) is 0 Å². The van der Waals surface area contributed by atoms with Crippen LogP contribution in [0, 0.1) is 6.92 Å². The second kappa shape index (κ2) is 7.23. The first-order chi connectivity index (χ1) is 10.6. The summed E-state index contributed by atoms with van der Waals surface area (Å²) in [4.78, 5) is 11.7. The van der Waals surface area contributed by atoms with E-state index in [-0.39, 0.29) is 5.69 Å². The van der Waals surface area contributed by atoms with E-state index < -0.39 is 5.97 Å². The normalized spacial score (nSPS) is 10.7. The highest BCUT2D eigenvalue weighted by Crippen LogP contribution is 2.26. The molecule has 22 heavy (non-hydrogen) atoms. The van der Waals surface area contributed by atoms with Crippen LogP contribution in [-0.2, 0) is 23.6 Å². The summed E-state index contributed by atoms with van der Waals surface area (Å²) >= 11 is 1.42. The number of allylic oxidation sites excluding steroid dienone is 1. The number of ether oxygens (including phenoxy) is 1. The highest BCUT2D eigenvalue weighted by molar-refractivity contribution is 7.98. The summed E-state index contributed by atoms with van der Waals surface area (Å²) in [6.45, 7) is 6.31. The molecule has 2 rings (SSSR count). The Bertz CT molecular complexity index is 679. The molecule has 0 unspecified atom stereocenters. The van der Waals surface area contributed by atoms with Crippen molar-refractivity contribution in [2.75, 3.05) is 7.11 Å². The maximum absolute atomic E-state index is 11.7. The molecule has 0 saturated heterocycles. The van der Waals surface area contributed by atoms with Crippen molar-refractivity contribution in [2.45, 2.75) is 30.9 Å². The Kier molecular flexibility index (Phi) is 5.34. The Morgan fingerprint density at radius 2 is 2.32 bits per heavy atom. The van der Waals surface area contributed by atoms with Crippen LogP contribution < -0.4 is 5.73 Å². The molecule has 0 aliphatic carbocycles. The average molecular weight is 323 g/mol. The van der Waals surface area contributed by atoms with Gasteiger partial charge in [0.05, 0.1) is 13.7 Å². The number of aromatic nitrogens is 4. The van der Waals surface area contributed by atoms with Gasteiger partial charge in [0.2, 0.25) is 0 Å². The molecule has 9 heteroatoms. The van der Waals surface area contributed by atoms with E-state index in [9.17, 15) is 4.79 Å². The molecule has 2 heterocycles. The molecule has 0 aliphatic rings. The van der Waals surface area contributed by atoms with Crippen LogP contribution in [0.5, 0.6) is 0 Å². The van der Waals surface area contributed by atoms with Crippen LogP contribution >= 0.6 is 11.8 Å². The summed E-state index contributed by atoms with van der Waals surface area (Å²) < 4.78 is 11.6. The van der Waals surface area contributed by atoms with Crippen molar-refractivity contribution >= 4 is 17.7 Å². The fraction of sp³-hybridized carbons (Fsp3) is 0.385. The van der Waals surface area contributed by atoms with E-state index in [1.165, 1.54) is 18.9 Å². The molecule has 2 aromatic heterocycles. The molecular formula is C13H17N5O3S.